The highest BCUT2D eigenvalue weighted by Crippen LogP contribution is 2.30. The van der Waals surface area contributed by atoms with E-state index in [0.717, 1.165) is 36.3 Å². The number of hydrogen-bond acceptors (Lipinski definition) is 5. The third-order valence-corrected chi connectivity index (χ3v) is 7.64. The van der Waals surface area contributed by atoms with E-state index in [9.17, 15) is 14.7 Å². The third kappa shape index (κ3) is 6.30. The number of carbonyl (C=O) groups excluding carboxylic acids is 1. The van der Waals surface area contributed by atoms with Crippen LogP contribution in [-0.4, -0.2) is 64.5 Å². The molecule has 7 heteroatoms. The Bertz CT molecular complexity index is 951. The van der Waals surface area contributed by atoms with Crippen LogP contribution in [0.4, 0.5) is 0 Å². The number of carbonyl (C=O) groups is 2. The van der Waals surface area contributed by atoms with E-state index in [1.165, 1.54) is 12.0 Å². The van der Waals surface area contributed by atoms with Crippen molar-refractivity contribution in [3.05, 3.63) is 59.2 Å². The molecule has 2 N–H and O–H groups in total. The smallest absolute Gasteiger partial charge is 0.326 e. The molecule has 0 aromatic heterocycles. The number of nitrogens with zero attached hydrogens (tertiary/aromatic N) is 1. The molecule has 1 fully saturated rings. The summed E-state index contributed by atoms with van der Waals surface area (Å²) < 4.78 is 0. The average Bonchev–Trinajstić information content (AvgIpc) is 3.24. The van der Waals surface area contributed by atoms with E-state index >= 15 is 0 Å². The molecule has 1 saturated heterocycles. The fourth-order valence-electron chi connectivity index (χ4n) is 4.11. The average molecular weight is 473 g/mol. The largest absolute Gasteiger partial charge is 0.480 e. The number of rotatable bonds is 10. The molecule has 1 amide bonds. The Balaban J connectivity index is 1.90. The van der Waals surface area contributed by atoms with Crippen molar-refractivity contribution in [2.75, 3.05) is 31.4 Å². The van der Waals surface area contributed by atoms with Gasteiger partial charge in [-0.15, -0.1) is 0 Å². The second-order valence-corrected chi connectivity index (χ2v) is 10.3. The molecule has 0 radical (unpaired) electrons. The first-order chi connectivity index (χ1) is 15.4. The number of aryl methyl sites for hydroxylation is 1. The van der Waals surface area contributed by atoms with E-state index in [-0.39, 0.29) is 5.91 Å². The molecule has 2 aromatic carbocycles. The van der Waals surface area contributed by atoms with E-state index in [2.05, 4.69) is 22.5 Å². The van der Waals surface area contributed by atoms with Gasteiger partial charge in [0.2, 0.25) is 0 Å². The lowest BCUT2D eigenvalue weighted by atomic mass is 9.93. The molecule has 0 spiro atoms. The molecule has 3 rings (SSSR count). The van der Waals surface area contributed by atoms with Crippen LogP contribution in [0.2, 0.25) is 0 Å². The Morgan fingerprint density at radius 3 is 2.62 bits per heavy atom. The summed E-state index contributed by atoms with van der Waals surface area (Å²) >= 11 is 3.49. The zero-order valence-corrected chi connectivity index (χ0v) is 20.6. The maximum Gasteiger partial charge on any atom is 0.326 e. The lowest BCUT2D eigenvalue weighted by Gasteiger charge is -2.19. The highest BCUT2D eigenvalue weighted by molar-refractivity contribution is 7.99. The van der Waals surface area contributed by atoms with Gasteiger partial charge in [-0.1, -0.05) is 30.3 Å². The van der Waals surface area contributed by atoms with Crippen LogP contribution in [0, 0.1) is 6.92 Å². The van der Waals surface area contributed by atoms with E-state index in [1.807, 2.05) is 61.3 Å². The van der Waals surface area contributed by atoms with Crippen LogP contribution in [-0.2, 0) is 11.3 Å². The Labute approximate surface area is 199 Å². The summed E-state index contributed by atoms with van der Waals surface area (Å²) in [6, 6.07) is 13.1. The summed E-state index contributed by atoms with van der Waals surface area (Å²) in [4.78, 5) is 27.3. The molecule has 32 heavy (non-hydrogen) atoms. The topological polar surface area (TPSA) is 69.6 Å². The monoisotopic (exact) mass is 472 g/mol. The summed E-state index contributed by atoms with van der Waals surface area (Å²) in [5, 5.41) is 13.0. The molecular formula is C25H32N2O3S2. The van der Waals surface area contributed by atoms with Crippen LogP contribution in [0.1, 0.15) is 34.3 Å². The van der Waals surface area contributed by atoms with Gasteiger partial charge in [-0.2, -0.15) is 23.5 Å². The van der Waals surface area contributed by atoms with Gasteiger partial charge in [0.05, 0.1) is 0 Å². The van der Waals surface area contributed by atoms with E-state index in [0.29, 0.717) is 23.0 Å². The SMILES string of the molecule is CSCC[C@H](NC(=O)c1ccc(CN2CC[C@@H](SC)C2)cc1-c1ccccc1C)C(=O)O. The van der Waals surface area contributed by atoms with Crippen LogP contribution in [0.3, 0.4) is 0 Å². The van der Waals surface area contributed by atoms with Gasteiger partial charge in [-0.3, -0.25) is 9.69 Å². The van der Waals surface area contributed by atoms with Gasteiger partial charge in [-0.25, -0.2) is 4.79 Å². The Hall–Kier alpha value is -1.96. The number of thioether (sulfide) groups is 2. The summed E-state index contributed by atoms with van der Waals surface area (Å²) in [6.07, 6.45) is 5.70. The molecule has 0 saturated carbocycles. The standard InChI is InChI=1S/C25H32N2O3S2/c1-17-6-4-5-7-20(17)22-14-18(15-27-12-10-19(16-27)32-3)8-9-21(22)24(28)26-23(25(29)30)11-13-31-2/h4-9,14,19,23H,10-13,15-16H2,1-3H3,(H,26,28)(H,29,30)/t19-,23+/m1/s1. The number of aliphatic carboxylic acids is 1. The minimum Gasteiger partial charge on any atom is -0.480 e. The van der Waals surface area contributed by atoms with E-state index < -0.39 is 12.0 Å². The van der Waals surface area contributed by atoms with Crippen molar-refractivity contribution in [3.8, 4) is 11.1 Å². The van der Waals surface area contributed by atoms with Crippen LogP contribution in [0.15, 0.2) is 42.5 Å². The Morgan fingerprint density at radius 2 is 1.97 bits per heavy atom. The number of carboxylic acids is 1. The van der Waals surface area contributed by atoms with Crippen LogP contribution in [0.5, 0.6) is 0 Å². The highest BCUT2D eigenvalue weighted by Gasteiger charge is 2.24. The number of carboxylic acid groups (broad SMARTS) is 1. The van der Waals surface area contributed by atoms with Crippen molar-refractivity contribution in [2.45, 2.75) is 37.6 Å². The maximum absolute atomic E-state index is 13.2. The number of amides is 1. The highest BCUT2D eigenvalue weighted by atomic mass is 32.2. The Morgan fingerprint density at radius 1 is 1.19 bits per heavy atom. The van der Waals surface area contributed by atoms with Crippen molar-refractivity contribution >= 4 is 35.4 Å². The van der Waals surface area contributed by atoms with Gasteiger partial charge in [0.1, 0.15) is 6.04 Å². The Kier molecular flexibility index (Phi) is 9.08. The van der Waals surface area contributed by atoms with Crippen molar-refractivity contribution in [1.82, 2.24) is 10.2 Å². The van der Waals surface area contributed by atoms with Crippen molar-refractivity contribution in [2.24, 2.45) is 0 Å². The zero-order valence-electron chi connectivity index (χ0n) is 19.0. The van der Waals surface area contributed by atoms with Gasteiger partial charge >= 0.3 is 5.97 Å². The molecular weight excluding hydrogens is 440 g/mol. The van der Waals surface area contributed by atoms with E-state index in [4.69, 9.17) is 0 Å². The molecule has 0 bridgehead atoms. The van der Waals surface area contributed by atoms with Gasteiger partial charge in [0, 0.05) is 23.9 Å². The molecule has 172 valence electrons. The minimum absolute atomic E-state index is 0.341. The van der Waals surface area contributed by atoms with Crippen molar-refractivity contribution in [3.63, 3.8) is 0 Å². The number of nitrogens with one attached hydrogen (secondary N) is 1. The predicted molar refractivity (Wildman–Crippen MR) is 136 cm³/mol. The molecule has 5 nitrogen and oxygen atoms in total. The van der Waals surface area contributed by atoms with Crippen LogP contribution >= 0.6 is 23.5 Å². The zero-order chi connectivity index (χ0) is 23.1. The fourth-order valence-corrected chi connectivity index (χ4v) is 5.28. The third-order valence-electron chi connectivity index (χ3n) is 5.95. The predicted octanol–water partition coefficient (Wildman–Crippen LogP) is 4.54. The molecule has 2 aromatic rings. The molecule has 0 aliphatic carbocycles. The number of likely N-dealkylation sites (tertiary alicyclic amines) is 1. The number of hydrogen-bond donors (Lipinski definition) is 2. The van der Waals surface area contributed by atoms with Crippen LogP contribution < -0.4 is 5.32 Å². The van der Waals surface area contributed by atoms with Gasteiger partial charge < -0.3 is 10.4 Å². The normalized spacial score (nSPS) is 17.3. The summed E-state index contributed by atoms with van der Waals surface area (Å²) in [5.41, 5.74) is 4.62. The first kappa shape index (κ1) is 24.7. The fraction of sp³-hybridized carbons (Fsp3) is 0.440. The van der Waals surface area contributed by atoms with E-state index in [1.54, 1.807) is 11.8 Å². The maximum atomic E-state index is 13.2. The van der Waals surface area contributed by atoms with Crippen molar-refractivity contribution < 1.29 is 14.7 Å². The summed E-state index contributed by atoms with van der Waals surface area (Å²) in [7, 11) is 0. The van der Waals surface area contributed by atoms with Crippen molar-refractivity contribution in [1.29, 1.82) is 0 Å². The van der Waals surface area contributed by atoms with Gasteiger partial charge in [0.25, 0.3) is 5.91 Å². The quantitative estimate of drug-likeness (QED) is 0.529. The summed E-state index contributed by atoms with van der Waals surface area (Å²) in [6.45, 7) is 5.05. The molecule has 1 heterocycles. The second-order valence-electron chi connectivity index (χ2n) is 8.22. The molecule has 1 aliphatic heterocycles. The minimum atomic E-state index is -1.00. The summed E-state index contributed by atoms with van der Waals surface area (Å²) in [5.74, 6) is -0.668. The molecule has 0 unspecified atom stereocenters. The lowest BCUT2D eigenvalue weighted by Crippen LogP contribution is -2.41. The van der Waals surface area contributed by atoms with Gasteiger partial charge in [0.15, 0.2) is 0 Å². The first-order valence-corrected chi connectivity index (χ1v) is 13.6. The van der Waals surface area contributed by atoms with Crippen LogP contribution in [0.25, 0.3) is 11.1 Å². The first-order valence-electron chi connectivity index (χ1n) is 10.9. The lowest BCUT2D eigenvalue weighted by molar-refractivity contribution is -0.139. The van der Waals surface area contributed by atoms with Gasteiger partial charge in [-0.05, 0) is 79.0 Å². The number of benzene rings is 2. The molecule has 2 atom stereocenters. The molecule has 1 aliphatic rings. The second kappa shape index (κ2) is 11.8.